The molecular weight excluding hydrogens is 479 g/mol. The van der Waals surface area contributed by atoms with Crippen molar-refractivity contribution >= 4 is 68.8 Å². The van der Waals surface area contributed by atoms with E-state index in [4.69, 9.17) is 23.2 Å². The highest BCUT2D eigenvalue weighted by molar-refractivity contribution is 7.15. The van der Waals surface area contributed by atoms with Crippen molar-refractivity contribution in [2.24, 2.45) is 0 Å². The van der Waals surface area contributed by atoms with Crippen LogP contribution in [0.4, 0.5) is 11.4 Å². The predicted molar refractivity (Wildman–Crippen MR) is 134 cm³/mol. The zero-order chi connectivity index (χ0) is 23.2. The molecule has 2 N–H and O–H groups in total. The van der Waals surface area contributed by atoms with E-state index in [1.165, 1.54) is 0 Å². The highest BCUT2D eigenvalue weighted by Crippen LogP contribution is 2.26. The van der Waals surface area contributed by atoms with E-state index in [-0.39, 0.29) is 16.8 Å². The highest BCUT2D eigenvalue weighted by Gasteiger charge is 2.15. The van der Waals surface area contributed by atoms with Gasteiger partial charge in [0.2, 0.25) is 5.01 Å². The van der Waals surface area contributed by atoms with E-state index < -0.39 is 0 Å². The Hall–Kier alpha value is -3.52. The van der Waals surface area contributed by atoms with Crippen LogP contribution < -0.4 is 10.6 Å². The van der Waals surface area contributed by atoms with E-state index in [1.54, 1.807) is 60.7 Å². The van der Waals surface area contributed by atoms with Crippen molar-refractivity contribution in [3.8, 4) is 0 Å². The summed E-state index contributed by atoms with van der Waals surface area (Å²) in [7, 11) is 0. The molecular formula is C24H16Cl2N4O2S. The molecule has 0 saturated carbocycles. The number of hydrogen-bond acceptors (Lipinski definition) is 5. The molecule has 0 unspecified atom stereocenters. The van der Waals surface area contributed by atoms with Gasteiger partial charge < -0.3 is 10.6 Å². The van der Waals surface area contributed by atoms with Crippen LogP contribution in [-0.2, 0) is 0 Å². The molecule has 0 aliphatic heterocycles. The van der Waals surface area contributed by atoms with Crippen LogP contribution in [0.1, 0.15) is 30.7 Å². The number of halogens is 2. The number of carbonyl (C=O) groups excluding carboxylic acids is 2. The number of benzene rings is 3. The molecule has 0 spiro atoms. The van der Waals surface area contributed by atoms with Crippen LogP contribution in [0.5, 0.6) is 0 Å². The molecule has 9 heteroatoms. The average Bonchev–Trinajstić information content (AvgIpc) is 3.31. The summed E-state index contributed by atoms with van der Waals surface area (Å²) >= 11 is 13.4. The third-order valence-corrected chi connectivity index (χ3v) is 6.01. The van der Waals surface area contributed by atoms with Crippen molar-refractivity contribution < 1.29 is 9.59 Å². The van der Waals surface area contributed by atoms with E-state index in [1.807, 2.05) is 24.3 Å². The smallest absolute Gasteiger partial charge is 0.286 e. The summed E-state index contributed by atoms with van der Waals surface area (Å²) in [5.41, 5.74) is 2.51. The van der Waals surface area contributed by atoms with E-state index in [2.05, 4.69) is 20.8 Å². The minimum Gasteiger partial charge on any atom is -0.322 e. The first kappa shape index (κ1) is 22.7. The quantitative estimate of drug-likeness (QED) is 0.323. The number of rotatable bonds is 6. The van der Waals surface area contributed by atoms with Gasteiger partial charge >= 0.3 is 0 Å². The fourth-order valence-corrected chi connectivity index (χ4v) is 3.89. The second-order valence-corrected chi connectivity index (χ2v) is 8.63. The largest absolute Gasteiger partial charge is 0.322 e. The van der Waals surface area contributed by atoms with Crippen molar-refractivity contribution in [2.75, 3.05) is 10.6 Å². The summed E-state index contributed by atoms with van der Waals surface area (Å²) in [5, 5.41) is 15.1. The molecule has 0 bridgehead atoms. The van der Waals surface area contributed by atoms with Crippen LogP contribution in [0.15, 0.2) is 78.9 Å². The monoisotopic (exact) mass is 494 g/mol. The summed E-state index contributed by atoms with van der Waals surface area (Å²) in [4.78, 5) is 24.8. The maximum absolute atomic E-state index is 12.4. The fraction of sp³-hybridized carbons (Fsp3) is 0. The number of nitrogens with zero attached hydrogens (tertiary/aromatic N) is 2. The summed E-state index contributed by atoms with van der Waals surface area (Å²) < 4.78 is 0. The first-order chi connectivity index (χ1) is 16.0. The number of nitrogens with one attached hydrogen (secondary N) is 2. The van der Waals surface area contributed by atoms with Gasteiger partial charge in [0.25, 0.3) is 11.8 Å². The molecule has 4 rings (SSSR count). The molecule has 6 nitrogen and oxygen atoms in total. The molecule has 3 aromatic carbocycles. The number of amides is 2. The van der Waals surface area contributed by atoms with Gasteiger partial charge in [-0.2, -0.15) is 0 Å². The molecule has 0 aliphatic carbocycles. The molecule has 0 radical (unpaired) electrons. The first-order valence-electron chi connectivity index (χ1n) is 9.72. The predicted octanol–water partition coefficient (Wildman–Crippen LogP) is 6.43. The van der Waals surface area contributed by atoms with Crippen molar-refractivity contribution in [1.29, 1.82) is 0 Å². The minimum atomic E-state index is -0.360. The Balaban J connectivity index is 1.45. The first-order valence-corrected chi connectivity index (χ1v) is 11.3. The third kappa shape index (κ3) is 6.04. The van der Waals surface area contributed by atoms with Crippen LogP contribution in [0.2, 0.25) is 5.02 Å². The Bertz CT molecular complexity index is 1320. The van der Waals surface area contributed by atoms with Gasteiger partial charge in [0, 0.05) is 22.0 Å². The van der Waals surface area contributed by atoms with Crippen LogP contribution in [0.3, 0.4) is 0 Å². The van der Waals surface area contributed by atoms with Gasteiger partial charge in [-0.25, -0.2) is 0 Å². The van der Waals surface area contributed by atoms with Crippen LogP contribution in [0, 0.1) is 0 Å². The maximum Gasteiger partial charge on any atom is 0.286 e. The van der Waals surface area contributed by atoms with E-state index in [0.29, 0.717) is 32.0 Å². The number of hydrogen-bond donors (Lipinski definition) is 2. The number of carbonyl (C=O) groups is 2. The Morgan fingerprint density at radius 1 is 0.788 bits per heavy atom. The fourth-order valence-electron chi connectivity index (χ4n) is 2.84. The summed E-state index contributed by atoms with van der Waals surface area (Å²) in [6.45, 7) is 0. The maximum atomic E-state index is 12.4. The van der Waals surface area contributed by atoms with Gasteiger partial charge in [0.05, 0.1) is 5.03 Å². The Morgan fingerprint density at radius 3 is 2.21 bits per heavy atom. The van der Waals surface area contributed by atoms with Gasteiger partial charge in [-0.15, -0.1) is 10.2 Å². The van der Waals surface area contributed by atoms with Crippen LogP contribution >= 0.6 is 34.5 Å². The van der Waals surface area contributed by atoms with Gasteiger partial charge in [-0.3, -0.25) is 9.59 Å². The molecule has 0 fully saturated rings. The topological polar surface area (TPSA) is 84.0 Å². The Labute approximate surface area is 203 Å². The van der Waals surface area contributed by atoms with Gasteiger partial charge in [0.1, 0.15) is 0 Å². The molecule has 4 aromatic rings. The van der Waals surface area contributed by atoms with Crippen molar-refractivity contribution in [2.45, 2.75) is 0 Å². The van der Waals surface area contributed by atoms with Crippen LogP contribution in [0.25, 0.3) is 11.1 Å². The molecule has 0 aliphatic rings. The molecule has 1 heterocycles. The van der Waals surface area contributed by atoms with Crippen molar-refractivity contribution in [3.05, 3.63) is 105 Å². The van der Waals surface area contributed by atoms with E-state index >= 15 is 0 Å². The lowest BCUT2D eigenvalue weighted by Gasteiger charge is -2.06. The van der Waals surface area contributed by atoms with Crippen molar-refractivity contribution in [1.82, 2.24) is 10.2 Å². The van der Waals surface area contributed by atoms with E-state index in [9.17, 15) is 9.59 Å². The summed E-state index contributed by atoms with van der Waals surface area (Å²) in [6.07, 6.45) is 1.69. The summed E-state index contributed by atoms with van der Waals surface area (Å²) in [5.74, 6) is -0.613. The van der Waals surface area contributed by atoms with E-state index in [0.717, 1.165) is 16.9 Å². The van der Waals surface area contributed by atoms with Crippen LogP contribution in [-0.4, -0.2) is 22.0 Å². The van der Waals surface area contributed by atoms with Gasteiger partial charge in [-0.05, 0) is 60.2 Å². The number of para-hydroxylation sites is 1. The molecule has 0 atom stereocenters. The molecule has 33 heavy (non-hydrogen) atoms. The van der Waals surface area contributed by atoms with Gasteiger partial charge in [-0.1, -0.05) is 64.9 Å². The lowest BCUT2D eigenvalue weighted by molar-refractivity contribution is 0.101. The second-order valence-electron chi connectivity index (χ2n) is 6.81. The van der Waals surface area contributed by atoms with Gasteiger partial charge in [0.15, 0.2) is 5.01 Å². The zero-order valence-electron chi connectivity index (χ0n) is 17.0. The lowest BCUT2D eigenvalue weighted by atomic mass is 10.1. The second kappa shape index (κ2) is 10.4. The highest BCUT2D eigenvalue weighted by atomic mass is 35.5. The lowest BCUT2D eigenvalue weighted by Crippen LogP contribution is -2.11. The molecule has 164 valence electrons. The SMILES string of the molecule is O=C(Nc1cccc(/C=C(\Cl)c2nnc(C(=O)Nc3ccccc3)s2)c1)c1ccc(Cl)cc1. The Kier molecular flexibility index (Phi) is 7.14. The van der Waals surface area contributed by atoms with Crippen molar-refractivity contribution in [3.63, 3.8) is 0 Å². The number of aromatic nitrogens is 2. The molecule has 1 aromatic heterocycles. The average molecular weight is 495 g/mol. The molecule has 0 saturated heterocycles. The standard InChI is InChI=1S/C24H16Cl2N4O2S/c25-17-11-9-16(10-12-17)21(31)28-19-8-4-5-15(13-19)14-20(26)23-29-30-24(33-23)22(32)27-18-6-2-1-3-7-18/h1-14H,(H,27,32)(H,28,31)/b20-14-. The minimum absolute atomic E-state index is 0.199. The summed E-state index contributed by atoms with van der Waals surface area (Å²) in [6, 6.07) is 22.9. The third-order valence-electron chi connectivity index (χ3n) is 4.40. The Morgan fingerprint density at radius 2 is 1.45 bits per heavy atom. The number of anilines is 2. The normalized spacial score (nSPS) is 11.2. The molecule has 2 amide bonds. The zero-order valence-corrected chi connectivity index (χ0v) is 19.3.